The van der Waals surface area contributed by atoms with Gasteiger partial charge in [0.15, 0.2) is 10.7 Å². The van der Waals surface area contributed by atoms with Gasteiger partial charge in [-0.1, -0.05) is 30.3 Å². The minimum Gasteiger partial charge on any atom is -0.477 e. The summed E-state index contributed by atoms with van der Waals surface area (Å²) < 4.78 is 1.74. The Labute approximate surface area is 114 Å². The smallest absolute Gasteiger partial charge is 0.354 e. The molecule has 3 aromatic rings. The van der Waals surface area contributed by atoms with Crippen molar-refractivity contribution >= 4 is 22.3 Å². The van der Waals surface area contributed by atoms with Gasteiger partial charge in [0.05, 0.1) is 11.4 Å². The van der Waals surface area contributed by atoms with Crippen LogP contribution in [0.5, 0.6) is 0 Å². The number of aromatic carboxylic acids is 1. The molecule has 2 aromatic heterocycles. The van der Waals surface area contributed by atoms with E-state index in [1.807, 2.05) is 37.3 Å². The SMILES string of the molecule is Cc1nc2sc(C)c(-c3ccccc3)n2c1C(=O)O. The molecule has 0 radical (unpaired) electrons. The van der Waals surface area contributed by atoms with Crippen molar-refractivity contribution in [3.8, 4) is 11.3 Å². The first-order valence-corrected chi connectivity index (χ1v) is 6.68. The molecule has 0 atom stereocenters. The van der Waals surface area contributed by atoms with E-state index in [-0.39, 0.29) is 5.69 Å². The maximum absolute atomic E-state index is 11.4. The Morgan fingerprint density at radius 2 is 1.95 bits per heavy atom. The molecular formula is C14H12N2O2S. The average Bonchev–Trinajstić information content (AvgIpc) is 2.82. The lowest BCUT2D eigenvalue weighted by Crippen LogP contribution is -2.04. The van der Waals surface area contributed by atoms with E-state index in [0.717, 1.165) is 21.1 Å². The van der Waals surface area contributed by atoms with Crippen LogP contribution in [0.2, 0.25) is 0 Å². The summed E-state index contributed by atoms with van der Waals surface area (Å²) >= 11 is 1.51. The van der Waals surface area contributed by atoms with Gasteiger partial charge in [-0.3, -0.25) is 4.40 Å². The number of imidazole rings is 1. The predicted molar refractivity (Wildman–Crippen MR) is 74.9 cm³/mol. The molecule has 96 valence electrons. The van der Waals surface area contributed by atoms with Crippen molar-refractivity contribution in [1.82, 2.24) is 9.38 Å². The molecule has 0 amide bonds. The Balaban J connectivity index is 2.41. The van der Waals surface area contributed by atoms with Gasteiger partial charge in [0.2, 0.25) is 0 Å². The molecule has 0 unspecified atom stereocenters. The maximum Gasteiger partial charge on any atom is 0.354 e. The third kappa shape index (κ3) is 1.74. The van der Waals surface area contributed by atoms with Gasteiger partial charge in [-0.05, 0) is 19.4 Å². The molecule has 1 aromatic carbocycles. The monoisotopic (exact) mass is 272 g/mol. The van der Waals surface area contributed by atoms with Crippen LogP contribution >= 0.6 is 11.3 Å². The largest absolute Gasteiger partial charge is 0.477 e. The zero-order valence-corrected chi connectivity index (χ0v) is 11.4. The number of hydrogen-bond donors (Lipinski definition) is 1. The number of carboxylic acids is 1. The number of rotatable bonds is 2. The third-order valence-corrected chi connectivity index (χ3v) is 4.03. The molecule has 0 aliphatic heterocycles. The molecule has 3 rings (SSSR count). The first-order valence-electron chi connectivity index (χ1n) is 5.86. The fourth-order valence-corrected chi connectivity index (χ4v) is 3.34. The number of thiazole rings is 1. The van der Waals surface area contributed by atoms with E-state index in [9.17, 15) is 9.90 Å². The Morgan fingerprint density at radius 1 is 1.26 bits per heavy atom. The zero-order valence-electron chi connectivity index (χ0n) is 10.5. The molecule has 4 nitrogen and oxygen atoms in total. The average molecular weight is 272 g/mol. The number of carbonyl (C=O) groups is 1. The lowest BCUT2D eigenvalue weighted by molar-refractivity contribution is 0.0688. The Hall–Kier alpha value is -2.14. The van der Waals surface area contributed by atoms with Crippen molar-refractivity contribution in [2.24, 2.45) is 0 Å². The third-order valence-electron chi connectivity index (χ3n) is 3.07. The van der Waals surface area contributed by atoms with Gasteiger partial charge in [0.1, 0.15) is 0 Å². The highest BCUT2D eigenvalue weighted by atomic mass is 32.1. The minimum atomic E-state index is -0.944. The normalized spacial score (nSPS) is 11.1. The van der Waals surface area contributed by atoms with Crippen molar-refractivity contribution in [1.29, 1.82) is 0 Å². The van der Waals surface area contributed by atoms with Crippen molar-refractivity contribution in [2.45, 2.75) is 13.8 Å². The van der Waals surface area contributed by atoms with E-state index < -0.39 is 5.97 Å². The van der Waals surface area contributed by atoms with Crippen LogP contribution in [0.15, 0.2) is 30.3 Å². The van der Waals surface area contributed by atoms with Crippen molar-refractivity contribution in [3.05, 3.63) is 46.6 Å². The maximum atomic E-state index is 11.4. The predicted octanol–water partition coefficient (Wildman–Crippen LogP) is 3.38. The molecule has 0 spiro atoms. The first kappa shape index (κ1) is 11.9. The summed E-state index contributed by atoms with van der Waals surface area (Å²) in [4.78, 5) is 17.6. The van der Waals surface area contributed by atoms with Gasteiger partial charge in [-0.25, -0.2) is 9.78 Å². The van der Waals surface area contributed by atoms with Crippen LogP contribution in [-0.2, 0) is 0 Å². The highest BCUT2D eigenvalue weighted by Gasteiger charge is 2.22. The van der Waals surface area contributed by atoms with Gasteiger partial charge >= 0.3 is 5.97 Å². The van der Waals surface area contributed by atoms with E-state index >= 15 is 0 Å². The van der Waals surface area contributed by atoms with Crippen LogP contribution in [0.3, 0.4) is 0 Å². The standard InChI is InChI=1S/C14H12N2O2S/c1-8-11(13(17)18)16-12(9(2)19-14(16)15-8)10-6-4-3-5-7-10/h3-7H,1-2H3,(H,17,18). The number of aryl methyl sites for hydroxylation is 2. The van der Waals surface area contributed by atoms with E-state index in [4.69, 9.17) is 0 Å². The molecule has 0 saturated carbocycles. The second-order valence-corrected chi connectivity index (χ2v) is 5.52. The van der Waals surface area contributed by atoms with Crippen molar-refractivity contribution in [2.75, 3.05) is 0 Å². The summed E-state index contributed by atoms with van der Waals surface area (Å²) in [6.45, 7) is 3.72. The molecule has 0 aliphatic carbocycles. The van der Waals surface area contributed by atoms with Crippen LogP contribution < -0.4 is 0 Å². The number of benzene rings is 1. The van der Waals surface area contributed by atoms with Crippen LogP contribution in [-0.4, -0.2) is 20.5 Å². The number of carboxylic acid groups (broad SMARTS) is 1. The van der Waals surface area contributed by atoms with Gasteiger partial charge in [-0.15, -0.1) is 11.3 Å². The van der Waals surface area contributed by atoms with Crippen LogP contribution in [0.25, 0.3) is 16.2 Å². The van der Waals surface area contributed by atoms with Gasteiger partial charge in [0.25, 0.3) is 0 Å². The van der Waals surface area contributed by atoms with Gasteiger partial charge in [0, 0.05) is 4.88 Å². The fraction of sp³-hybridized carbons (Fsp3) is 0.143. The van der Waals surface area contributed by atoms with Crippen LogP contribution in [0, 0.1) is 13.8 Å². The van der Waals surface area contributed by atoms with E-state index in [1.165, 1.54) is 11.3 Å². The molecule has 0 bridgehead atoms. The number of nitrogens with zero attached hydrogens (tertiary/aromatic N) is 2. The van der Waals surface area contributed by atoms with Gasteiger partial charge < -0.3 is 5.11 Å². The minimum absolute atomic E-state index is 0.248. The number of fused-ring (bicyclic) bond motifs is 1. The molecule has 2 heterocycles. The fourth-order valence-electron chi connectivity index (χ4n) is 2.30. The van der Waals surface area contributed by atoms with Crippen molar-refractivity contribution < 1.29 is 9.90 Å². The highest BCUT2D eigenvalue weighted by molar-refractivity contribution is 7.17. The quantitative estimate of drug-likeness (QED) is 0.778. The van der Waals surface area contributed by atoms with Crippen LogP contribution in [0.4, 0.5) is 0 Å². The summed E-state index contributed by atoms with van der Waals surface area (Å²) in [6.07, 6.45) is 0. The molecule has 1 N–H and O–H groups in total. The Bertz CT molecular complexity index is 772. The summed E-state index contributed by atoms with van der Waals surface area (Å²) in [5, 5.41) is 9.38. The lowest BCUT2D eigenvalue weighted by atomic mass is 10.1. The molecule has 0 fully saturated rings. The number of hydrogen-bond acceptors (Lipinski definition) is 3. The molecule has 19 heavy (non-hydrogen) atoms. The van der Waals surface area contributed by atoms with Crippen LogP contribution in [0.1, 0.15) is 21.1 Å². The first-order chi connectivity index (χ1) is 9.09. The van der Waals surface area contributed by atoms with Crippen molar-refractivity contribution in [3.63, 3.8) is 0 Å². The number of aromatic nitrogens is 2. The summed E-state index contributed by atoms with van der Waals surface area (Å²) in [5.41, 5.74) is 2.72. The lowest BCUT2D eigenvalue weighted by Gasteiger charge is -2.04. The van der Waals surface area contributed by atoms with E-state index in [1.54, 1.807) is 11.3 Å². The van der Waals surface area contributed by atoms with E-state index in [2.05, 4.69) is 4.98 Å². The summed E-state index contributed by atoms with van der Waals surface area (Å²) in [7, 11) is 0. The Kier molecular flexibility index (Phi) is 2.64. The highest BCUT2D eigenvalue weighted by Crippen LogP contribution is 2.33. The molecular weight excluding hydrogens is 260 g/mol. The van der Waals surface area contributed by atoms with Gasteiger partial charge in [-0.2, -0.15) is 0 Å². The zero-order chi connectivity index (χ0) is 13.6. The molecule has 5 heteroatoms. The summed E-state index contributed by atoms with van der Waals surface area (Å²) in [6, 6.07) is 9.80. The second kappa shape index (κ2) is 4.20. The van der Waals surface area contributed by atoms with E-state index in [0.29, 0.717) is 5.69 Å². The second-order valence-electron chi connectivity index (χ2n) is 4.34. The Morgan fingerprint density at radius 3 is 2.58 bits per heavy atom. The molecule has 0 saturated heterocycles. The summed E-state index contributed by atoms with van der Waals surface area (Å²) in [5.74, 6) is -0.944. The topological polar surface area (TPSA) is 54.6 Å². The molecule has 0 aliphatic rings.